The van der Waals surface area contributed by atoms with E-state index in [0.717, 1.165) is 30.8 Å². The van der Waals surface area contributed by atoms with E-state index in [1.54, 1.807) is 0 Å². The maximum Gasteiger partial charge on any atom is 0.250 e. The average Bonchev–Trinajstić information content (AvgIpc) is 2.78. The Labute approximate surface area is 106 Å². The van der Waals surface area contributed by atoms with Crippen molar-refractivity contribution in [3.8, 4) is 6.07 Å². The van der Waals surface area contributed by atoms with E-state index in [0.29, 0.717) is 11.4 Å². The molecule has 1 rings (SSSR count). The van der Waals surface area contributed by atoms with Crippen molar-refractivity contribution < 1.29 is 8.42 Å². The van der Waals surface area contributed by atoms with Gasteiger partial charge in [0.15, 0.2) is 0 Å². The number of hydrogen-bond acceptors (Lipinski definition) is 5. The molecular formula is C10H15N3O2S2. The van der Waals surface area contributed by atoms with Gasteiger partial charge in [0.25, 0.3) is 0 Å². The van der Waals surface area contributed by atoms with Crippen molar-refractivity contribution in [1.82, 2.24) is 10.0 Å². The number of hydrogen-bond donors (Lipinski definition) is 2. The number of nitrogens with one attached hydrogen (secondary N) is 2. The Morgan fingerprint density at radius 3 is 2.76 bits per heavy atom. The standard InChI is InChI=1S/C10H15N3O2S2/c1-2-12-6-3-7-13-17(14,15)10-5-4-9(8-11)16-10/h4-5,12-13H,2-3,6-7H2,1H3. The Kier molecular flexibility index (Phi) is 5.58. The lowest BCUT2D eigenvalue weighted by Gasteiger charge is -2.04. The van der Waals surface area contributed by atoms with E-state index in [4.69, 9.17) is 5.26 Å². The van der Waals surface area contributed by atoms with Gasteiger partial charge >= 0.3 is 0 Å². The molecule has 0 saturated heterocycles. The third-order valence-electron chi connectivity index (χ3n) is 2.03. The predicted octanol–water partition coefficient (Wildman–Crippen LogP) is 0.898. The molecule has 0 amide bonds. The first-order valence-electron chi connectivity index (χ1n) is 5.30. The zero-order valence-electron chi connectivity index (χ0n) is 9.56. The van der Waals surface area contributed by atoms with Gasteiger partial charge in [0, 0.05) is 6.54 Å². The fraction of sp³-hybridized carbons (Fsp3) is 0.500. The van der Waals surface area contributed by atoms with Gasteiger partial charge in [0.1, 0.15) is 15.2 Å². The third-order valence-corrected chi connectivity index (χ3v) is 4.97. The van der Waals surface area contributed by atoms with Crippen molar-refractivity contribution in [3.63, 3.8) is 0 Å². The summed E-state index contributed by atoms with van der Waals surface area (Å²) in [7, 11) is -3.45. The van der Waals surface area contributed by atoms with Gasteiger partial charge in [-0.05, 0) is 31.6 Å². The molecule has 94 valence electrons. The van der Waals surface area contributed by atoms with Crippen LogP contribution < -0.4 is 10.0 Å². The Balaban J connectivity index is 2.49. The van der Waals surface area contributed by atoms with Gasteiger partial charge in [-0.3, -0.25) is 0 Å². The minimum atomic E-state index is -3.45. The second-order valence-corrected chi connectivity index (χ2v) is 6.41. The molecule has 0 aliphatic carbocycles. The molecule has 0 atom stereocenters. The van der Waals surface area contributed by atoms with Crippen LogP contribution in [0.1, 0.15) is 18.2 Å². The van der Waals surface area contributed by atoms with Crippen molar-refractivity contribution >= 4 is 21.4 Å². The normalized spacial score (nSPS) is 11.3. The van der Waals surface area contributed by atoms with Crippen molar-refractivity contribution in [1.29, 1.82) is 5.26 Å². The highest BCUT2D eigenvalue weighted by Gasteiger charge is 2.15. The summed E-state index contributed by atoms with van der Waals surface area (Å²) >= 11 is 0.981. The molecule has 0 aromatic carbocycles. The summed E-state index contributed by atoms with van der Waals surface area (Å²) in [5.41, 5.74) is 0. The van der Waals surface area contributed by atoms with E-state index in [9.17, 15) is 8.42 Å². The molecule has 5 nitrogen and oxygen atoms in total. The summed E-state index contributed by atoms with van der Waals surface area (Å²) in [5, 5.41) is 11.7. The molecule has 0 unspecified atom stereocenters. The van der Waals surface area contributed by atoms with E-state index >= 15 is 0 Å². The first-order valence-corrected chi connectivity index (χ1v) is 7.60. The monoisotopic (exact) mass is 273 g/mol. The predicted molar refractivity (Wildman–Crippen MR) is 67.4 cm³/mol. The van der Waals surface area contributed by atoms with Gasteiger partial charge in [-0.15, -0.1) is 11.3 Å². The third kappa shape index (κ3) is 4.44. The number of nitrogens with zero attached hydrogens (tertiary/aromatic N) is 1. The van der Waals surface area contributed by atoms with E-state index in [2.05, 4.69) is 10.0 Å². The summed E-state index contributed by atoms with van der Waals surface area (Å²) in [4.78, 5) is 0.401. The lowest BCUT2D eigenvalue weighted by Crippen LogP contribution is -2.26. The minimum absolute atomic E-state index is 0.192. The van der Waals surface area contributed by atoms with Crippen molar-refractivity contribution in [2.75, 3.05) is 19.6 Å². The molecular weight excluding hydrogens is 258 g/mol. The molecule has 0 spiro atoms. The van der Waals surface area contributed by atoms with Gasteiger partial charge in [-0.1, -0.05) is 6.92 Å². The summed E-state index contributed by atoms with van der Waals surface area (Å²) < 4.78 is 26.2. The van der Waals surface area contributed by atoms with Gasteiger partial charge in [-0.2, -0.15) is 5.26 Å². The first-order chi connectivity index (χ1) is 8.10. The highest BCUT2D eigenvalue weighted by molar-refractivity contribution is 7.91. The second kappa shape index (κ2) is 6.71. The van der Waals surface area contributed by atoms with Crippen molar-refractivity contribution in [2.45, 2.75) is 17.6 Å². The molecule has 17 heavy (non-hydrogen) atoms. The van der Waals surface area contributed by atoms with Gasteiger partial charge in [0.2, 0.25) is 10.0 Å². The molecule has 2 N–H and O–H groups in total. The first kappa shape index (κ1) is 14.1. The van der Waals surface area contributed by atoms with Crippen molar-refractivity contribution in [3.05, 3.63) is 17.0 Å². The summed E-state index contributed by atoms with van der Waals surface area (Å²) in [5.74, 6) is 0. The lowest BCUT2D eigenvalue weighted by atomic mass is 10.4. The maximum absolute atomic E-state index is 11.8. The van der Waals surface area contributed by atoms with Crippen LogP contribution in [0.3, 0.4) is 0 Å². The largest absolute Gasteiger partial charge is 0.317 e. The fourth-order valence-electron chi connectivity index (χ4n) is 1.19. The Morgan fingerprint density at radius 2 is 2.18 bits per heavy atom. The Morgan fingerprint density at radius 1 is 1.41 bits per heavy atom. The van der Waals surface area contributed by atoms with Crippen LogP contribution in [0, 0.1) is 11.3 Å². The SMILES string of the molecule is CCNCCCNS(=O)(=O)c1ccc(C#N)s1. The molecule has 0 saturated carbocycles. The van der Waals surface area contributed by atoms with E-state index in [1.165, 1.54) is 12.1 Å². The summed E-state index contributed by atoms with van der Waals surface area (Å²) in [6, 6.07) is 4.89. The van der Waals surface area contributed by atoms with E-state index in [1.807, 2.05) is 13.0 Å². The molecule has 1 aromatic heterocycles. The molecule has 1 aromatic rings. The van der Waals surface area contributed by atoms with Crippen LogP contribution in [0.5, 0.6) is 0 Å². The number of nitriles is 1. The molecule has 0 bridgehead atoms. The molecule has 0 radical (unpaired) electrons. The average molecular weight is 273 g/mol. The quantitative estimate of drug-likeness (QED) is 0.723. The van der Waals surface area contributed by atoms with E-state index in [-0.39, 0.29) is 4.21 Å². The minimum Gasteiger partial charge on any atom is -0.317 e. The van der Waals surface area contributed by atoms with Gasteiger partial charge < -0.3 is 5.32 Å². The highest BCUT2D eigenvalue weighted by atomic mass is 32.2. The van der Waals surface area contributed by atoms with Crippen LogP contribution in [0.25, 0.3) is 0 Å². The molecule has 0 aliphatic heterocycles. The Hall–Kier alpha value is -0.940. The zero-order chi connectivity index (χ0) is 12.7. The van der Waals surface area contributed by atoms with Crippen LogP contribution >= 0.6 is 11.3 Å². The van der Waals surface area contributed by atoms with Crippen LogP contribution in [0.2, 0.25) is 0 Å². The van der Waals surface area contributed by atoms with Gasteiger partial charge in [0.05, 0.1) is 0 Å². The number of thiophene rings is 1. The van der Waals surface area contributed by atoms with Crippen molar-refractivity contribution in [2.24, 2.45) is 0 Å². The molecule has 0 aliphatic rings. The zero-order valence-corrected chi connectivity index (χ0v) is 11.2. The fourth-order valence-corrected chi connectivity index (χ4v) is 3.41. The summed E-state index contributed by atoms with van der Waals surface area (Å²) in [6.07, 6.45) is 0.740. The topological polar surface area (TPSA) is 82.0 Å². The molecule has 7 heteroatoms. The van der Waals surface area contributed by atoms with Crippen LogP contribution in [-0.2, 0) is 10.0 Å². The maximum atomic E-state index is 11.8. The molecule has 0 fully saturated rings. The molecule has 1 heterocycles. The van der Waals surface area contributed by atoms with Gasteiger partial charge in [-0.25, -0.2) is 13.1 Å². The van der Waals surface area contributed by atoms with Crippen LogP contribution in [0.15, 0.2) is 16.3 Å². The smallest absolute Gasteiger partial charge is 0.250 e. The van der Waals surface area contributed by atoms with Crippen LogP contribution in [-0.4, -0.2) is 28.1 Å². The second-order valence-electron chi connectivity index (χ2n) is 3.34. The van der Waals surface area contributed by atoms with Crippen LogP contribution in [0.4, 0.5) is 0 Å². The summed E-state index contributed by atoms with van der Waals surface area (Å²) in [6.45, 7) is 4.06. The number of sulfonamides is 1. The Bertz CT molecular complexity index is 488. The van der Waals surface area contributed by atoms with E-state index < -0.39 is 10.0 Å². The highest BCUT2D eigenvalue weighted by Crippen LogP contribution is 2.20. The number of rotatable bonds is 7. The lowest BCUT2D eigenvalue weighted by molar-refractivity contribution is 0.577.